The number of carbonyl (C=O) groups excluding carboxylic acids is 1. The van der Waals surface area contributed by atoms with E-state index in [1.54, 1.807) is 25.5 Å². The van der Waals surface area contributed by atoms with Crippen molar-refractivity contribution in [2.75, 3.05) is 5.32 Å². The number of benzene rings is 2. The molecule has 0 saturated carbocycles. The quantitative estimate of drug-likeness (QED) is 0.507. The van der Waals surface area contributed by atoms with Crippen LogP contribution in [0, 0.1) is 33.5 Å². The van der Waals surface area contributed by atoms with Crippen molar-refractivity contribution in [1.82, 2.24) is 19.5 Å². The van der Waals surface area contributed by atoms with Gasteiger partial charge in [0.1, 0.15) is 12.4 Å². The molecule has 0 atom stereocenters. The molecule has 2 heterocycles. The van der Waals surface area contributed by atoms with E-state index in [2.05, 4.69) is 20.3 Å². The Morgan fingerprint density at radius 3 is 2.48 bits per heavy atom. The molecule has 158 valence electrons. The lowest BCUT2D eigenvalue weighted by molar-refractivity contribution is 0.153. The number of fused-ring (bicyclic) bond motifs is 1. The van der Waals surface area contributed by atoms with E-state index in [9.17, 15) is 9.18 Å². The number of aromatic nitrogens is 4. The van der Waals surface area contributed by atoms with Crippen LogP contribution in [-0.2, 0) is 11.3 Å². The minimum Gasteiger partial charge on any atom is -0.443 e. The topological polar surface area (TPSA) is 81.9 Å². The van der Waals surface area contributed by atoms with Gasteiger partial charge in [-0.2, -0.15) is 0 Å². The first-order valence-corrected chi connectivity index (χ1v) is 9.79. The zero-order valence-electron chi connectivity index (χ0n) is 17.7. The van der Waals surface area contributed by atoms with E-state index in [0.29, 0.717) is 5.69 Å². The summed E-state index contributed by atoms with van der Waals surface area (Å²) in [6.45, 7) is 7.59. The van der Waals surface area contributed by atoms with Crippen LogP contribution in [0.2, 0.25) is 0 Å². The van der Waals surface area contributed by atoms with Crippen molar-refractivity contribution in [3.05, 3.63) is 76.9 Å². The Hall–Kier alpha value is -3.81. The number of hydrogen-bond donors (Lipinski definition) is 1. The van der Waals surface area contributed by atoms with Crippen LogP contribution in [0.3, 0.4) is 0 Å². The molecule has 0 aliphatic rings. The van der Waals surface area contributed by atoms with Crippen molar-refractivity contribution in [1.29, 1.82) is 0 Å². The van der Waals surface area contributed by atoms with Crippen LogP contribution < -0.4 is 5.32 Å². The predicted molar refractivity (Wildman–Crippen MR) is 116 cm³/mol. The van der Waals surface area contributed by atoms with Gasteiger partial charge in [0.15, 0.2) is 0 Å². The van der Waals surface area contributed by atoms with E-state index in [1.165, 1.54) is 12.1 Å². The van der Waals surface area contributed by atoms with Gasteiger partial charge >= 0.3 is 6.09 Å². The largest absolute Gasteiger partial charge is 0.443 e. The highest BCUT2D eigenvalue weighted by atomic mass is 19.1. The fourth-order valence-electron chi connectivity index (χ4n) is 3.23. The van der Waals surface area contributed by atoms with Gasteiger partial charge in [0.2, 0.25) is 0 Å². The summed E-state index contributed by atoms with van der Waals surface area (Å²) in [7, 11) is 0. The highest BCUT2D eigenvalue weighted by Gasteiger charge is 2.11. The molecule has 1 amide bonds. The molecule has 0 bridgehead atoms. The van der Waals surface area contributed by atoms with E-state index >= 15 is 0 Å². The Kier molecular flexibility index (Phi) is 5.37. The van der Waals surface area contributed by atoms with Gasteiger partial charge in [0, 0.05) is 6.20 Å². The van der Waals surface area contributed by atoms with E-state index in [-0.39, 0.29) is 12.3 Å². The van der Waals surface area contributed by atoms with Gasteiger partial charge in [-0.3, -0.25) is 5.32 Å². The maximum atomic E-state index is 13.9. The van der Waals surface area contributed by atoms with Crippen molar-refractivity contribution in [2.45, 2.75) is 34.3 Å². The number of carbonyl (C=O) groups is 1. The summed E-state index contributed by atoms with van der Waals surface area (Å²) >= 11 is 0. The molecule has 0 unspecified atom stereocenters. The lowest BCUT2D eigenvalue weighted by Gasteiger charge is -2.10. The fraction of sp³-hybridized carbons (Fsp3) is 0.217. The number of halogens is 1. The van der Waals surface area contributed by atoms with E-state index in [4.69, 9.17) is 4.74 Å². The van der Waals surface area contributed by atoms with Gasteiger partial charge in [-0.05, 0) is 63.1 Å². The molecule has 1 N–H and O–H groups in total. The third-order valence-corrected chi connectivity index (χ3v) is 5.02. The first-order chi connectivity index (χ1) is 14.8. The van der Waals surface area contributed by atoms with Gasteiger partial charge in [-0.25, -0.2) is 24.1 Å². The maximum Gasteiger partial charge on any atom is 0.412 e. The summed E-state index contributed by atoms with van der Waals surface area (Å²) in [5, 5.41) is 2.40. The first kappa shape index (κ1) is 20.5. The molecule has 8 heteroatoms. The summed E-state index contributed by atoms with van der Waals surface area (Å²) in [5.41, 5.74) is 6.76. The SMILES string of the molecule is Cc1ccc(NC(=O)OCc2cn(-c3cc4nc(C)c(C)nc4cc3C)cn2)c(F)c1. The predicted octanol–water partition coefficient (Wildman–Crippen LogP) is 4.94. The average molecular weight is 419 g/mol. The molecule has 2 aromatic carbocycles. The number of ether oxygens (including phenoxy) is 1. The van der Waals surface area contributed by atoms with Crippen LogP contribution in [0.5, 0.6) is 0 Å². The summed E-state index contributed by atoms with van der Waals surface area (Å²) in [4.78, 5) is 25.5. The van der Waals surface area contributed by atoms with Crippen LogP contribution in [0.25, 0.3) is 16.7 Å². The average Bonchev–Trinajstić information content (AvgIpc) is 3.18. The lowest BCUT2D eigenvalue weighted by Crippen LogP contribution is -2.14. The Labute approximate surface area is 178 Å². The minimum atomic E-state index is -0.750. The molecule has 31 heavy (non-hydrogen) atoms. The van der Waals surface area contributed by atoms with Crippen LogP contribution in [0.15, 0.2) is 42.9 Å². The molecule has 0 spiro atoms. The molecule has 7 nitrogen and oxygen atoms in total. The Balaban J connectivity index is 1.47. The van der Waals surface area contributed by atoms with Gasteiger partial charge in [-0.15, -0.1) is 0 Å². The molecule has 4 rings (SSSR count). The molecule has 0 saturated heterocycles. The molecular weight excluding hydrogens is 397 g/mol. The molecule has 0 aliphatic heterocycles. The van der Waals surface area contributed by atoms with E-state index < -0.39 is 11.9 Å². The Bertz CT molecular complexity index is 1300. The second kappa shape index (κ2) is 8.14. The molecule has 0 fully saturated rings. The van der Waals surface area contributed by atoms with Gasteiger partial charge in [0.05, 0.1) is 45.8 Å². The zero-order valence-corrected chi connectivity index (χ0v) is 17.7. The van der Waals surface area contributed by atoms with E-state index in [1.807, 2.05) is 37.5 Å². The smallest absolute Gasteiger partial charge is 0.412 e. The number of nitrogens with zero attached hydrogens (tertiary/aromatic N) is 4. The van der Waals surface area contributed by atoms with Crippen molar-refractivity contribution >= 4 is 22.8 Å². The lowest BCUT2D eigenvalue weighted by atomic mass is 10.1. The van der Waals surface area contributed by atoms with Crippen LogP contribution in [0.4, 0.5) is 14.9 Å². The number of hydrogen-bond acceptors (Lipinski definition) is 5. The van der Waals surface area contributed by atoms with Crippen molar-refractivity contribution in [2.24, 2.45) is 0 Å². The number of rotatable bonds is 4. The van der Waals surface area contributed by atoms with Crippen molar-refractivity contribution in [3.8, 4) is 5.69 Å². The third-order valence-electron chi connectivity index (χ3n) is 5.02. The monoisotopic (exact) mass is 419 g/mol. The van der Waals surface area contributed by atoms with Crippen molar-refractivity contribution < 1.29 is 13.9 Å². The second-order valence-electron chi connectivity index (χ2n) is 7.48. The van der Waals surface area contributed by atoms with Gasteiger partial charge in [0.25, 0.3) is 0 Å². The number of amides is 1. The summed E-state index contributed by atoms with van der Waals surface area (Å²) in [6, 6.07) is 8.50. The second-order valence-corrected chi connectivity index (χ2v) is 7.48. The third kappa shape index (κ3) is 4.37. The van der Waals surface area contributed by atoms with Crippen LogP contribution >= 0.6 is 0 Å². The van der Waals surface area contributed by atoms with E-state index in [0.717, 1.165) is 39.2 Å². The normalized spacial score (nSPS) is 11.0. The highest BCUT2D eigenvalue weighted by Crippen LogP contribution is 2.22. The molecule has 4 aromatic rings. The maximum absolute atomic E-state index is 13.9. The molecule has 0 radical (unpaired) electrons. The Morgan fingerprint density at radius 1 is 1.06 bits per heavy atom. The summed E-state index contributed by atoms with van der Waals surface area (Å²) < 4.78 is 20.9. The zero-order chi connectivity index (χ0) is 22.1. The van der Waals surface area contributed by atoms with Crippen LogP contribution in [-0.4, -0.2) is 25.6 Å². The minimum absolute atomic E-state index is 0.0446. The van der Waals surface area contributed by atoms with Gasteiger partial charge in [-0.1, -0.05) is 6.07 Å². The fourth-order valence-corrected chi connectivity index (χ4v) is 3.23. The van der Waals surface area contributed by atoms with Gasteiger partial charge < -0.3 is 9.30 Å². The summed E-state index contributed by atoms with van der Waals surface area (Å²) in [5.74, 6) is -0.512. The standard InChI is InChI=1S/C23H22FN5O2/c1-13-5-6-19(18(24)7-13)28-23(30)31-11-17-10-29(12-25-17)22-9-21-20(8-14(22)2)26-15(3)16(4)27-21/h5-10,12H,11H2,1-4H3,(H,28,30). The number of aryl methyl sites for hydroxylation is 4. The molecule has 2 aromatic heterocycles. The Morgan fingerprint density at radius 2 is 1.77 bits per heavy atom. The molecule has 0 aliphatic carbocycles. The number of anilines is 1. The van der Waals surface area contributed by atoms with Crippen molar-refractivity contribution in [3.63, 3.8) is 0 Å². The highest BCUT2D eigenvalue weighted by molar-refractivity contribution is 5.84. The van der Waals surface area contributed by atoms with Crippen LogP contribution in [0.1, 0.15) is 28.2 Å². The number of imidazole rings is 1. The summed E-state index contributed by atoms with van der Waals surface area (Å²) in [6.07, 6.45) is 2.68. The first-order valence-electron chi connectivity index (χ1n) is 9.79. The number of nitrogens with one attached hydrogen (secondary N) is 1. The molecular formula is C23H22FN5O2.